The van der Waals surface area contributed by atoms with Gasteiger partial charge in [0.05, 0.1) is 19.8 Å². The van der Waals surface area contributed by atoms with Crippen molar-refractivity contribution in [3.63, 3.8) is 0 Å². The lowest BCUT2D eigenvalue weighted by Gasteiger charge is -2.09. The molecule has 1 aromatic heterocycles. The highest BCUT2D eigenvalue weighted by molar-refractivity contribution is 5.89. The molecule has 0 bridgehead atoms. The third kappa shape index (κ3) is 2.34. The summed E-state index contributed by atoms with van der Waals surface area (Å²) in [6.07, 6.45) is 1.31. The fraction of sp³-hybridized carbons (Fsp3) is 0.118. The van der Waals surface area contributed by atoms with Gasteiger partial charge < -0.3 is 24.1 Å². The molecule has 118 valence electrons. The van der Waals surface area contributed by atoms with E-state index in [0.29, 0.717) is 5.56 Å². The minimum Gasteiger partial charge on any atom is -0.504 e. The number of hydrogen-bond donors (Lipinski definition) is 2. The topological polar surface area (TPSA) is 89.1 Å². The summed E-state index contributed by atoms with van der Waals surface area (Å²) in [5.41, 5.74) is 0.579. The monoisotopic (exact) mass is 314 g/mol. The van der Waals surface area contributed by atoms with Crippen LogP contribution in [0.15, 0.2) is 45.8 Å². The first kappa shape index (κ1) is 14.8. The normalized spacial score (nSPS) is 10.7. The van der Waals surface area contributed by atoms with Gasteiger partial charge in [-0.1, -0.05) is 6.07 Å². The SMILES string of the molecule is COc1cc(-c2coc3ccc(OC)c(O)c3c2=O)ccc1O. The van der Waals surface area contributed by atoms with Crippen LogP contribution in [-0.4, -0.2) is 24.4 Å². The Labute approximate surface area is 131 Å². The molecule has 23 heavy (non-hydrogen) atoms. The fourth-order valence-electron chi connectivity index (χ4n) is 2.39. The van der Waals surface area contributed by atoms with Crippen molar-refractivity contribution in [1.29, 1.82) is 0 Å². The quantitative estimate of drug-likeness (QED) is 0.772. The number of fused-ring (bicyclic) bond motifs is 1. The molecule has 3 rings (SSSR count). The summed E-state index contributed by atoms with van der Waals surface area (Å²) in [6.45, 7) is 0. The molecular weight excluding hydrogens is 300 g/mol. The van der Waals surface area contributed by atoms with Crippen LogP contribution in [0.1, 0.15) is 0 Å². The molecule has 0 radical (unpaired) electrons. The molecule has 0 fully saturated rings. The number of rotatable bonds is 3. The fourth-order valence-corrected chi connectivity index (χ4v) is 2.39. The number of aromatic hydroxyl groups is 2. The molecule has 3 aromatic rings. The van der Waals surface area contributed by atoms with Gasteiger partial charge in [0.25, 0.3) is 0 Å². The van der Waals surface area contributed by atoms with Gasteiger partial charge in [-0.05, 0) is 29.8 Å². The molecule has 0 spiro atoms. The summed E-state index contributed by atoms with van der Waals surface area (Å²) in [6, 6.07) is 7.57. The summed E-state index contributed by atoms with van der Waals surface area (Å²) in [7, 11) is 2.82. The highest BCUT2D eigenvalue weighted by Gasteiger charge is 2.16. The van der Waals surface area contributed by atoms with E-state index in [0.717, 1.165) is 0 Å². The lowest BCUT2D eigenvalue weighted by molar-refractivity contribution is 0.373. The Morgan fingerprint density at radius 1 is 1.00 bits per heavy atom. The zero-order valence-corrected chi connectivity index (χ0v) is 12.5. The second-order valence-electron chi connectivity index (χ2n) is 4.85. The van der Waals surface area contributed by atoms with E-state index in [2.05, 4.69) is 0 Å². The molecule has 6 nitrogen and oxygen atoms in total. The third-order valence-corrected chi connectivity index (χ3v) is 3.59. The minimum atomic E-state index is -0.407. The lowest BCUT2D eigenvalue weighted by atomic mass is 10.0. The van der Waals surface area contributed by atoms with E-state index in [-0.39, 0.29) is 39.5 Å². The molecule has 0 aliphatic heterocycles. The van der Waals surface area contributed by atoms with Gasteiger partial charge in [0.2, 0.25) is 5.43 Å². The molecule has 1 heterocycles. The van der Waals surface area contributed by atoms with Crippen LogP contribution in [0, 0.1) is 0 Å². The zero-order valence-electron chi connectivity index (χ0n) is 12.5. The standard InChI is InChI=1S/C17H14O6/c1-21-13-6-5-12-15(17(13)20)16(19)10(8-23-12)9-3-4-11(18)14(7-9)22-2/h3-8,18,20H,1-2H3. The second kappa shape index (κ2) is 5.57. The minimum absolute atomic E-state index is 0.0360. The van der Waals surface area contributed by atoms with Crippen molar-refractivity contribution in [2.75, 3.05) is 14.2 Å². The largest absolute Gasteiger partial charge is 0.504 e. The number of phenolic OH excluding ortho intramolecular Hbond substituents is 2. The van der Waals surface area contributed by atoms with E-state index >= 15 is 0 Å². The number of hydrogen-bond acceptors (Lipinski definition) is 6. The average molecular weight is 314 g/mol. The van der Waals surface area contributed by atoms with Gasteiger partial charge in [0.1, 0.15) is 17.2 Å². The van der Waals surface area contributed by atoms with Gasteiger partial charge in [-0.2, -0.15) is 0 Å². The maximum absolute atomic E-state index is 12.7. The first-order valence-corrected chi connectivity index (χ1v) is 6.75. The Bertz CT molecular complexity index is 942. The first-order valence-electron chi connectivity index (χ1n) is 6.75. The molecule has 0 atom stereocenters. The van der Waals surface area contributed by atoms with Crippen LogP contribution in [0.2, 0.25) is 0 Å². The van der Waals surface area contributed by atoms with Crippen LogP contribution in [0.25, 0.3) is 22.1 Å². The summed E-state index contributed by atoms with van der Waals surface area (Å²) in [4.78, 5) is 12.7. The van der Waals surface area contributed by atoms with Crippen LogP contribution < -0.4 is 14.9 Å². The Hall–Kier alpha value is -3.15. The van der Waals surface area contributed by atoms with Crippen LogP contribution in [-0.2, 0) is 0 Å². The lowest BCUT2D eigenvalue weighted by Crippen LogP contribution is -2.05. The Kier molecular flexibility index (Phi) is 3.57. The van der Waals surface area contributed by atoms with E-state index in [4.69, 9.17) is 13.9 Å². The van der Waals surface area contributed by atoms with Gasteiger partial charge in [0.15, 0.2) is 23.0 Å². The molecule has 0 aliphatic carbocycles. The molecule has 2 aromatic carbocycles. The molecule has 0 amide bonds. The van der Waals surface area contributed by atoms with E-state index in [1.54, 1.807) is 12.1 Å². The Balaban J connectivity index is 2.29. The van der Waals surface area contributed by atoms with Gasteiger partial charge in [-0.15, -0.1) is 0 Å². The van der Waals surface area contributed by atoms with E-state index in [9.17, 15) is 15.0 Å². The molecule has 0 unspecified atom stereocenters. The van der Waals surface area contributed by atoms with E-state index in [1.807, 2.05) is 0 Å². The van der Waals surface area contributed by atoms with Crippen LogP contribution in [0.3, 0.4) is 0 Å². The van der Waals surface area contributed by atoms with Crippen LogP contribution in [0.5, 0.6) is 23.0 Å². The van der Waals surface area contributed by atoms with Crippen LogP contribution in [0.4, 0.5) is 0 Å². The zero-order chi connectivity index (χ0) is 16.6. The van der Waals surface area contributed by atoms with Crippen molar-refractivity contribution in [1.82, 2.24) is 0 Å². The maximum Gasteiger partial charge on any atom is 0.204 e. The third-order valence-electron chi connectivity index (χ3n) is 3.59. The average Bonchev–Trinajstić information content (AvgIpc) is 2.56. The van der Waals surface area contributed by atoms with Crippen molar-refractivity contribution in [3.8, 4) is 34.1 Å². The highest BCUT2D eigenvalue weighted by atomic mass is 16.5. The van der Waals surface area contributed by atoms with Crippen molar-refractivity contribution in [3.05, 3.63) is 46.8 Å². The molecular formula is C17H14O6. The predicted octanol–water partition coefficient (Wildman–Crippen LogP) is 2.89. The Morgan fingerprint density at radius 2 is 1.74 bits per heavy atom. The number of phenols is 2. The Morgan fingerprint density at radius 3 is 2.43 bits per heavy atom. The van der Waals surface area contributed by atoms with E-state index < -0.39 is 5.43 Å². The van der Waals surface area contributed by atoms with Crippen molar-refractivity contribution < 1.29 is 24.1 Å². The van der Waals surface area contributed by atoms with Crippen molar-refractivity contribution in [2.45, 2.75) is 0 Å². The summed E-state index contributed by atoms with van der Waals surface area (Å²) < 4.78 is 15.5. The summed E-state index contributed by atoms with van der Waals surface area (Å²) >= 11 is 0. The predicted molar refractivity (Wildman–Crippen MR) is 84.4 cm³/mol. The number of methoxy groups -OCH3 is 2. The van der Waals surface area contributed by atoms with Crippen molar-refractivity contribution in [2.24, 2.45) is 0 Å². The first-order chi connectivity index (χ1) is 11.1. The summed E-state index contributed by atoms with van der Waals surface area (Å²) in [5.74, 6) is 0.111. The van der Waals surface area contributed by atoms with Gasteiger partial charge in [-0.25, -0.2) is 0 Å². The maximum atomic E-state index is 12.7. The number of benzene rings is 2. The molecule has 6 heteroatoms. The second-order valence-corrected chi connectivity index (χ2v) is 4.85. The van der Waals surface area contributed by atoms with Crippen molar-refractivity contribution >= 4 is 11.0 Å². The van der Waals surface area contributed by atoms with Crippen LogP contribution >= 0.6 is 0 Å². The highest BCUT2D eigenvalue weighted by Crippen LogP contribution is 2.35. The smallest absolute Gasteiger partial charge is 0.204 e. The van der Waals surface area contributed by atoms with Gasteiger partial charge >= 0.3 is 0 Å². The molecule has 0 saturated carbocycles. The van der Waals surface area contributed by atoms with Gasteiger partial charge in [-0.3, -0.25) is 4.79 Å². The molecule has 0 saturated heterocycles. The number of ether oxygens (including phenoxy) is 2. The molecule has 2 N–H and O–H groups in total. The molecule has 0 aliphatic rings. The summed E-state index contributed by atoms with van der Waals surface area (Å²) in [5, 5.41) is 19.9. The van der Waals surface area contributed by atoms with Gasteiger partial charge in [0, 0.05) is 0 Å². The van der Waals surface area contributed by atoms with E-state index in [1.165, 1.54) is 38.7 Å².